The summed E-state index contributed by atoms with van der Waals surface area (Å²) in [5.41, 5.74) is 0. The lowest BCUT2D eigenvalue weighted by atomic mass is 10.3. The van der Waals surface area contributed by atoms with E-state index < -0.39 is 5.97 Å². The van der Waals surface area contributed by atoms with Gasteiger partial charge in [0.25, 0.3) is 0 Å². The van der Waals surface area contributed by atoms with Gasteiger partial charge in [0, 0.05) is 20.3 Å². The Hall–Kier alpha value is -1.97. The minimum atomic E-state index is -0.468. The van der Waals surface area contributed by atoms with Crippen molar-refractivity contribution in [3.63, 3.8) is 0 Å². The third kappa shape index (κ3) is 4.59. The Morgan fingerprint density at radius 3 is 2.47 bits per heavy atom. The second kappa shape index (κ2) is 6.58. The van der Waals surface area contributed by atoms with Crippen molar-refractivity contribution in [1.29, 1.82) is 0 Å². The molecule has 0 unspecified atom stereocenters. The van der Waals surface area contributed by atoms with Crippen LogP contribution in [0, 0.1) is 0 Å². The van der Waals surface area contributed by atoms with E-state index in [1.165, 1.54) is 0 Å². The molecule has 1 aromatic carbocycles. The predicted molar refractivity (Wildman–Crippen MR) is 65.5 cm³/mol. The van der Waals surface area contributed by atoms with E-state index in [9.17, 15) is 4.79 Å². The SMILES string of the molecule is CCOC(=O)C(=CN(C)C)Oc1ccccc1. The first-order chi connectivity index (χ1) is 8.13. The molecular weight excluding hydrogens is 218 g/mol. The van der Waals surface area contributed by atoms with Crippen LogP contribution < -0.4 is 4.74 Å². The van der Waals surface area contributed by atoms with Gasteiger partial charge in [0.2, 0.25) is 5.76 Å². The summed E-state index contributed by atoms with van der Waals surface area (Å²) < 4.78 is 10.4. The van der Waals surface area contributed by atoms with Gasteiger partial charge < -0.3 is 14.4 Å². The van der Waals surface area contributed by atoms with Gasteiger partial charge in [-0.3, -0.25) is 0 Å². The predicted octanol–water partition coefficient (Wildman–Crippen LogP) is 2.03. The zero-order valence-electron chi connectivity index (χ0n) is 10.3. The molecule has 0 radical (unpaired) electrons. The molecule has 0 amide bonds. The third-order valence-electron chi connectivity index (χ3n) is 1.82. The molecule has 92 valence electrons. The maximum absolute atomic E-state index is 11.6. The van der Waals surface area contributed by atoms with Gasteiger partial charge in [0.15, 0.2) is 0 Å². The molecule has 0 saturated heterocycles. The normalized spacial score (nSPS) is 10.9. The average Bonchev–Trinajstić information content (AvgIpc) is 2.29. The van der Waals surface area contributed by atoms with Gasteiger partial charge >= 0.3 is 5.97 Å². The quantitative estimate of drug-likeness (QED) is 0.445. The van der Waals surface area contributed by atoms with Crippen molar-refractivity contribution in [1.82, 2.24) is 4.90 Å². The molecule has 0 atom stereocenters. The van der Waals surface area contributed by atoms with Crippen LogP contribution in [-0.4, -0.2) is 31.6 Å². The second-order valence-corrected chi connectivity index (χ2v) is 3.59. The number of esters is 1. The third-order valence-corrected chi connectivity index (χ3v) is 1.82. The number of hydrogen-bond acceptors (Lipinski definition) is 4. The molecule has 1 rings (SSSR count). The Labute approximate surface area is 101 Å². The number of para-hydroxylation sites is 1. The van der Waals surface area contributed by atoms with E-state index in [1.807, 2.05) is 32.3 Å². The van der Waals surface area contributed by atoms with Gasteiger partial charge in [-0.15, -0.1) is 0 Å². The van der Waals surface area contributed by atoms with Crippen LogP contribution in [0.15, 0.2) is 42.3 Å². The molecular formula is C13H17NO3. The van der Waals surface area contributed by atoms with Crippen LogP contribution in [0.4, 0.5) is 0 Å². The van der Waals surface area contributed by atoms with E-state index in [4.69, 9.17) is 9.47 Å². The standard InChI is InChI=1S/C13H17NO3/c1-4-16-13(15)12(10-14(2)3)17-11-8-6-5-7-9-11/h5-10H,4H2,1-3H3. The Morgan fingerprint density at radius 1 is 1.29 bits per heavy atom. The molecule has 1 aromatic rings. The monoisotopic (exact) mass is 235 g/mol. The summed E-state index contributed by atoms with van der Waals surface area (Å²) in [6.45, 7) is 2.08. The van der Waals surface area contributed by atoms with Crippen LogP contribution in [0.2, 0.25) is 0 Å². The largest absolute Gasteiger partial charge is 0.460 e. The molecule has 0 heterocycles. The van der Waals surface area contributed by atoms with Crippen LogP contribution >= 0.6 is 0 Å². The van der Waals surface area contributed by atoms with Crippen molar-refractivity contribution >= 4 is 5.97 Å². The lowest BCUT2D eigenvalue weighted by Crippen LogP contribution is -2.16. The van der Waals surface area contributed by atoms with Crippen LogP contribution in [0.5, 0.6) is 5.75 Å². The van der Waals surface area contributed by atoms with Crippen LogP contribution in [0.3, 0.4) is 0 Å². The van der Waals surface area contributed by atoms with Crippen molar-refractivity contribution in [2.24, 2.45) is 0 Å². The number of nitrogens with zero attached hydrogens (tertiary/aromatic N) is 1. The van der Waals surface area contributed by atoms with Crippen LogP contribution in [-0.2, 0) is 9.53 Å². The van der Waals surface area contributed by atoms with Crippen molar-refractivity contribution in [2.75, 3.05) is 20.7 Å². The number of benzene rings is 1. The summed E-state index contributed by atoms with van der Waals surface area (Å²) in [4.78, 5) is 13.4. The number of carbonyl (C=O) groups excluding carboxylic acids is 1. The van der Waals surface area contributed by atoms with Crippen molar-refractivity contribution in [3.8, 4) is 5.75 Å². The number of rotatable bonds is 5. The van der Waals surface area contributed by atoms with Crippen molar-refractivity contribution < 1.29 is 14.3 Å². The van der Waals surface area contributed by atoms with Crippen LogP contribution in [0.1, 0.15) is 6.92 Å². The number of carbonyl (C=O) groups is 1. The van der Waals surface area contributed by atoms with Gasteiger partial charge in [0.05, 0.1) is 6.61 Å². The van der Waals surface area contributed by atoms with Gasteiger partial charge in [0.1, 0.15) is 5.75 Å². The van der Waals surface area contributed by atoms with Gasteiger partial charge in [-0.1, -0.05) is 18.2 Å². The van der Waals surface area contributed by atoms with E-state index >= 15 is 0 Å². The lowest BCUT2D eigenvalue weighted by molar-refractivity contribution is -0.141. The molecule has 4 nitrogen and oxygen atoms in total. The van der Waals surface area contributed by atoms with Crippen LogP contribution in [0.25, 0.3) is 0 Å². The minimum absolute atomic E-state index is 0.169. The van der Waals surface area contributed by atoms with E-state index in [0.717, 1.165) is 0 Å². The van der Waals surface area contributed by atoms with Crippen molar-refractivity contribution in [3.05, 3.63) is 42.3 Å². The van der Waals surface area contributed by atoms with E-state index in [2.05, 4.69) is 0 Å². The molecule has 4 heteroatoms. The molecule has 0 aliphatic rings. The molecule has 0 saturated carbocycles. The minimum Gasteiger partial charge on any atom is -0.460 e. The first-order valence-electron chi connectivity index (χ1n) is 5.41. The Kier molecular flexibility index (Phi) is 5.07. The maximum Gasteiger partial charge on any atom is 0.375 e. The topological polar surface area (TPSA) is 38.8 Å². The summed E-state index contributed by atoms with van der Waals surface area (Å²) >= 11 is 0. The zero-order valence-corrected chi connectivity index (χ0v) is 10.3. The van der Waals surface area contributed by atoms with Gasteiger partial charge in [-0.05, 0) is 19.1 Å². The molecule has 0 fully saturated rings. The summed E-state index contributed by atoms with van der Waals surface area (Å²) in [6.07, 6.45) is 1.59. The molecule has 0 bridgehead atoms. The van der Waals surface area contributed by atoms with E-state index in [1.54, 1.807) is 30.2 Å². The highest BCUT2D eigenvalue weighted by atomic mass is 16.6. The lowest BCUT2D eigenvalue weighted by Gasteiger charge is -2.12. The molecule has 0 aliphatic carbocycles. The first kappa shape index (κ1) is 13.1. The first-order valence-corrected chi connectivity index (χ1v) is 5.41. The summed E-state index contributed by atoms with van der Waals surface area (Å²) in [5.74, 6) is 0.307. The molecule has 0 N–H and O–H groups in total. The number of ether oxygens (including phenoxy) is 2. The fourth-order valence-corrected chi connectivity index (χ4v) is 1.17. The van der Waals surface area contributed by atoms with E-state index in [-0.39, 0.29) is 5.76 Å². The Balaban J connectivity index is 2.81. The van der Waals surface area contributed by atoms with Crippen molar-refractivity contribution in [2.45, 2.75) is 6.92 Å². The Bertz CT molecular complexity index is 385. The highest BCUT2D eigenvalue weighted by Crippen LogP contribution is 2.13. The fourth-order valence-electron chi connectivity index (χ4n) is 1.17. The van der Waals surface area contributed by atoms with E-state index in [0.29, 0.717) is 12.4 Å². The van der Waals surface area contributed by atoms with Gasteiger partial charge in [-0.25, -0.2) is 4.79 Å². The molecule has 0 aromatic heterocycles. The highest BCUT2D eigenvalue weighted by molar-refractivity contribution is 5.86. The fraction of sp³-hybridized carbons (Fsp3) is 0.308. The summed E-state index contributed by atoms with van der Waals surface area (Å²) in [5, 5.41) is 0. The number of hydrogen-bond donors (Lipinski definition) is 0. The summed E-state index contributed by atoms with van der Waals surface area (Å²) in [6, 6.07) is 9.12. The summed E-state index contributed by atoms with van der Waals surface area (Å²) in [7, 11) is 3.63. The van der Waals surface area contributed by atoms with Gasteiger partial charge in [-0.2, -0.15) is 0 Å². The Morgan fingerprint density at radius 2 is 1.94 bits per heavy atom. The smallest absolute Gasteiger partial charge is 0.375 e. The molecule has 0 spiro atoms. The molecule has 17 heavy (non-hydrogen) atoms. The maximum atomic E-state index is 11.6. The average molecular weight is 235 g/mol. The zero-order chi connectivity index (χ0) is 12.7. The molecule has 0 aliphatic heterocycles. The second-order valence-electron chi connectivity index (χ2n) is 3.59. The highest BCUT2D eigenvalue weighted by Gasteiger charge is 2.13.